The normalized spacial score (nSPS) is 15.3. The van der Waals surface area contributed by atoms with Gasteiger partial charge in [0.2, 0.25) is 5.91 Å². The molecule has 0 radical (unpaired) electrons. The Labute approximate surface area is 178 Å². The number of thioether (sulfide) groups is 1. The van der Waals surface area contributed by atoms with Crippen LogP contribution in [0.5, 0.6) is 0 Å². The van der Waals surface area contributed by atoms with Crippen LogP contribution in [-0.2, 0) is 9.53 Å². The molecule has 4 rings (SSSR count). The minimum atomic E-state index is -0.280. The topological polar surface area (TPSA) is 60.2 Å². The standard InChI is InChI=1S/C21H21ClN4O2S/c1-15(20(27)25-11-13-28-14-12-25)29-21-24-23-19(16-7-9-17(22)10-8-16)26(21)18-5-3-2-4-6-18/h2-10,15H,11-14H2,1H3. The van der Waals surface area contributed by atoms with E-state index in [-0.39, 0.29) is 11.2 Å². The highest BCUT2D eigenvalue weighted by Crippen LogP contribution is 2.31. The average Bonchev–Trinajstić information content (AvgIpc) is 3.18. The highest BCUT2D eigenvalue weighted by Gasteiger charge is 2.26. The first-order valence-electron chi connectivity index (χ1n) is 9.43. The molecule has 6 nitrogen and oxygen atoms in total. The minimum Gasteiger partial charge on any atom is -0.378 e. The molecule has 1 aliphatic rings. The molecule has 0 N–H and O–H groups in total. The van der Waals surface area contributed by atoms with Crippen LogP contribution >= 0.6 is 23.4 Å². The van der Waals surface area contributed by atoms with E-state index >= 15 is 0 Å². The van der Waals surface area contributed by atoms with Crippen LogP contribution in [0.25, 0.3) is 17.1 Å². The van der Waals surface area contributed by atoms with E-state index in [4.69, 9.17) is 16.3 Å². The van der Waals surface area contributed by atoms with E-state index in [0.29, 0.717) is 42.3 Å². The zero-order chi connectivity index (χ0) is 20.2. The van der Waals surface area contributed by atoms with Gasteiger partial charge in [0.15, 0.2) is 11.0 Å². The summed E-state index contributed by atoms with van der Waals surface area (Å²) in [6.07, 6.45) is 0. The molecule has 1 saturated heterocycles. The fraction of sp³-hybridized carbons (Fsp3) is 0.286. The number of para-hydroxylation sites is 1. The smallest absolute Gasteiger partial charge is 0.236 e. The van der Waals surface area contributed by atoms with Crippen LogP contribution in [0.15, 0.2) is 59.8 Å². The van der Waals surface area contributed by atoms with Gasteiger partial charge in [-0.2, -0.15) is 0 Å². The second kappa shape index (κ2) is 8.98. The van der Waals surface area contributed by atoms with Crippen molar-refractivity contribution >= 4 is 29.3 Å². The van der Waals surface area contributed by atoms with Gasteiger partial charge < -0.3 is 9.64 Å². The van der Waals surface area contributed by atoms with Crippen molar-refractivity contribution in [1.29, 1.82) is 0 Å². The second-order valence-electron chi connectivity index (χ2n) is 6.68. The Morgan fingerprint density at radius 1 is 1.07 bits per heavy atom. The Morgan fingerprint density at radius 2 is 1.76 bits per heavy atom. The minimum absolute atomic E-state index is 0.0916. The van der Waals surface area contributed by atoms with Gasteiger partial charge in [-0.1, -0.05) is 41.6 Å². The first-order valence-corrected chi connectivity index (χ1v) is 10.7. The number of hydrogen-bond donors (Lipinski definition) is 0. The molecule has 0 spiro atoms. The van der Waals surface area contributed by atoms with Crippen molar-refractivity contribution in [1.82, 2.24) is 19.7 Å². The van der Waals surface area contributed by atoms with Crippen LogP contribution in [-0.4, -0.2) is 57.1 Å². The van der Waals surface area contributed by atoms with Crippen molar-refractivity contribution in [2.75, 3.05) is 26.3 Å². The Hall–Kier alpha value is -2.35. The fourth-order valence-electron chi connectivity index (χ4n) is 3.19. The molecule has 1 amide bonds. The van der Waals surface area contributed by atoms with Gasteiger partial charge in [-0.3, -0.25) is 9.36 Å². The predicted octanol–water partition coefficient (Wildman–Crippen LogP) is 3.93. The van der Waals surface area contributed by atoms with Crippen LogP contribution in [0.4, 0.5) is 0 Å². The summed E-state index contributed by atoms with van der Waals surface area (Å²) in [6, 6.07) is 17.4. The molecule has 3 aromatic rings. The summed E-state index contributed by atoms with van der Waals surface area (Å²) in [6.45, 7) is 4.35. The molecular weight excluding hydrogens is 408 g/mol. The van der Waals surface area contributed by atoms with E-state index in [1.165, 1.54) is 11.8 Å². The van der Waals surface area contributed by atoms with Crippen molar-refractivity contribution in [3.05, 3.63) is 59.6 Å². The molecule has 2 aromatic carbocycles. The zero-order valence-electron chi connectivity index (χ0n) is 16.0. The van der Waals surface area contributed by atoms with Gasteiger partial charge >= 0.3 is 0 Å². The monoisotopic (exact) mass is 428 g/mol. The molecule has 29 heavy (non-hydrogen) atoms. The molecule has 1 aromatic heterocycles. The van der Waals surface area contributed by atoms with Gasteiger partial charge in [0.1, 0.15) is 0 Å². The SMILES string of the molecule is CC(Sc1nnc(-c2ccc(Cl)cc2)n1-c1ccccc1)C(=O)N1CCOCC1. The van der Waals surface area contributed by atoms with E-state index in [1.807, 2.05) is 71.0 Å². The van der Waals surface area contributed by atoms with Crippen LogP contribution in [0.2, 0.25) is 5.02 Å². The maximum absolute atomic E-state index is 12.8. The summed E-state index contributed by atoms with van der Waals surface area (Å²) >= 11 is 7.46. The van der Waals surface area contributed by atoms with Gasteiger partial charge in [0, 0.05) is 29.4 Å². The molecule has 0 bridgehead atoms. The third-order valence-electron chi connectivity index (χ3n) is 4.70. The summed E-state index contributed by atoms with van der Waals surface area (Å²) in [5.74, 6) is 0.801. The van der Waals surface area contributed by atoms with Gasteiger partial charge in [0.25, 0.3) is 0 Å². The lowest BCUT2D eigenvalue weighted by atomic mass is 10.2. The maximum Gasteiger partial charge on any atom is 0.236 e. The molecule has 1 atom stereocenters. The highest BCUT2D eigenvalue weighted by molar-refractivity contribution is 8.00. The summed E-state index contributed by atoms with van der Waals surface area (Å²) in [4.78, 5) is 14.7. The summed E-state index contributed by atoms with van der Waals surface area (Å²) < 4.78 is 7.33. The Morgan fingerprint density at radius 3 is 2.45 bits per heavy atom. The van der Waals surface area contributed by atoms with E-state index in [1.54, 1.807) is 0 Å². The summed E-state index contributed by atoms with van der Waals surface area (Å²) in [7, 11) is 0. The molecule has 0 aliphatic carbocycles. The predicted molar refractivity (Wildman–Crippen MR) is 115 cm³/mol. The first kappa shape index (κ1) is 19.9. The number of amides is 1. The number of halogens is 1. The Kier molecular flexibility index (Phi) is 6.18. The largest absolute Gasteiger partial charge is 0.378 e. The lowest BCUT2D eigenvalue weighted by Gasteiger charge is -2.28. The highest BCUT2D eigenvalue weighted by atomic mass is 35.5. The van der Waals surface area contributed by atoms with Crippen LogP contribution in [0, 0.1) is 0 Å². The van der Waals surface area contributed by atoms with Gasteiger partial charge in [0.05, 0.1) is 18.5 Å². The fourth-order valence-corrected chi connectivity index (χ4v) is 4.27. The summed E-state index contributed by atoms with van der Waals surface area (Å²) in [5, 5.41) is 9.89. The third kappa shape index (κ3) is 4.47. The van der Waals surface area contributed by atoms with Crippen LogP contribution < -0.4 is 0 Å². The molecule has 1 aliphatic heterocycles. The molecule has 0 saturated carbocycles. The second-order valence-corrected chi connectivity index (χ2v) is 8.43. The summed E-state index contributed by atoms with van der Waals surface area (Å²) in [5.41, 5.74) is 1.85. The van der Waals surface area contributed by atoms with E-state index in [2.05, 4.69) is 10.2 Å². The number of hydrogen-bond acceptors (Lipinski definition) is 5. The molecule has 8 heteroatoms. The molecule has 150 valence electrons. The molecular formula is C21H21ClN4O2S. The van der Waals surface area contributed by atoms with Crippen molar-refractivity contribution in [2.24, 2.45) is 0 Å². The van der Waals surface area contributed by atoms with Crippen LogP contribution in [0.1, 0.15) is 6.92 Å². The number of carbonyl (C=O) groups excluding carboxylic acids is 1. The number of carbonyl (C=O) groups is 1. The Balaban J connectivity index is 1.66. The van der Waals surface area contributed by atoms with Crippen molar-refractivity contribution in [2.45, 2.75) is 17.3 Å². The van der Waals surface area contributed by atoms with Gasteiger partial charge in [-0.25, -0.2) is 0 Å². The van der Waals surface area contributed by atoms with Crippen molar-refractivity contribution in [3.8, 4) is 17.1 Å². The number of rotatable bonds is 5. The lowest BCUT2D eigenvalue weighted by Crippen LogP contribution is -2.44. The van der Waals surface area contributed by atoms with E-state index < -0.39 is 0 Å². The van der Waals surface area contributed by atoms with E-state index in [9.17, 15) is 4.79 Å². The molecule has 1 fully saturated rings. The van der Waals surface area contributed by atoms with E-state index in [0.717, 1.165) is 11.3 Å². The number of ether oxygens (including phenoxy) is 1. The Bertz CT molecular complexity index is 972. The maximum atomic E-state index is 12.8. The van der Waals surface area contributed by atoms with Crippen molar-refractivity contribution in [3.63, 3.8) is 0 Å². The number of morpholine rings is 1. The molecule has 2 heterocycles. The number of aromatic nitrogens is 3. The quantitative estimate of drug-likeness (QED) is 0.576. The molecule has 1 unspecified atom stereocenters. The average molecular weight is 429 g/mol. The van der Waals surface area contributed by atoms with Crippen LogP contribution in [0.3, 0.4) is 0 Å². The zero-order valence-corrected chi connectivity index (χ0v) is 17.6. The number of nitrogens with zero attached hydrogens (tertiary/aromatic N) is 4. The number of benzene rings is 2. The van der Waals surface area contributed by atoms with Gasteiger partial charge in [-0.05, 0) is 43.3 Å². The van der Waals surface area contributed by atoms with Crippen molar-refractivity contribution < 1.29 is 9.53 Å². The third-order valence-corrected chi connectivity index (χ3v) is 5.99. The van der Waals surface area contributed by atoms with Gasteiger partial charge in [-0.15, -0.1) is 10.2 Å². The lowest BCUT2D eigenvalue weighted by molar-refractivity contribution is -0.134. The first-order chi connectivity index (χ1) is 14.1.